The number of carbonyl (C=O) groups is 1. The van der Waals surface area contributed by atoms with E-state index in [4.69, 9.17) is 10.2 Å². The molecule has 5 N–H and O–H groups in total. The van der Waals surface area contributed by atoms with Crippen LogP contribution >= 0.6 is 0 Å². The van der Waals surface area contributed by atoms with Crippen molar-refractivity contribution >= 4 is 5.97 Å². The van der Waals surface area contributed by atoms with Gasteiger partial charge in [0.05, 0.1) is 18.1 Å². The maximum atomic E-state index is 10.3. The van der Waals surface area contributed by atoms with Crippen LogP contribution in [-0.4, -0.2) is 31.5 Å². The Hall–Kier alpha value is -1.95. The lowest BCUT2D eigenvalue weighted by Gasteiger charge is -2.12. The van der Waals surface area contributed by atoms with Crippen molar-refractivity contribution in [3.8, 4) is 17.2 Å². The highest BCUT2D eigenvalue weighted by atomic mass is 16.4. The summed E-state index contributed by atoms with van der Waals surface area (Å²) < 4.78 is 0. The molecular formula is C9H10O6. The monoisotopic (exact) mass is 214 g/mol. The standard InChI is InChI=1S/C9H10O6/c10-4-1-5(11)9(6(12)2-4)7(13)3-8(14)15/h1-2,7,10-13H,3H2,(H,14,15)/t7-/m0/s1. The van der Waals surface area contributed by atoms with Gasteiger partial charge in [-0.1, -0.05) is 0 Å². The van der Waals surface area contributed by atoms with Crippen LogP contribution in [0.5, 0.6) is 17.2 Å². The molecule has 0 saturated carbocycles. The lowest BCUT2D eigenvalue weighted by Crippen LogP contribution is -2.05. The summed E-state index contributed by atoms with van der Waals surface area (Å²) >= 11 is 0. The van der Waals surface area contributed by atoms with E-state index in [9.17, 15) is 20.1 Å². The molecule has 15 heavy (non-hydrogen) atoms. The Kier molecular flexibility index (Phi) is 3.01. The second-order valence-electron chi connectivity index (χ2n) is 3.01. The topological polar surface area (TPSA) is 118 Å². The highest BCUT2D eigenvalue weighted by Crippen LogP contribution is 2.37. The molecule has 0 aliphatic carbocycles. The fourth-order valence-electron chi connectivity index (χ4n) is 1.22. The van der Waals surface area contributed by atoms with Crippen LogP contribution in [0.4, 0.5) is 0 Å². The summed E-state index contributed by atoms with van der Waals surface area (Å²) in [5.41, 5.74) is -0.310. The summed E-state index contributed by atoms with van der Waals surface area (Å²) in [5.74, 6) is -2.76. The van der Waals surface area contributed by atoms with Gasteiger partial charge in [-0.15, -0.1) is 0 Å². The minimum absolute atomic E-state index is 0.310. The first-order valence-corrected chi connectivity index (χ1v) is 4.06. The third-order valence-corrected chi connectivity index (χ3v) is 1.82. The first-order valence-electron chi connectivity index (χ1n) is 4.06. The molecule has 0 spiro atoms. The summed E-state index contributed by atoms with van der Waals surface area (Å²) in [5, 5.41) is 45.3. The molecule has 1 atom stereocenters. The number of hydrogen-bond donors (Lipinski definition) is 5. The molecule has 1 aromatic rings. The number of aromatic hydroxyl groups is 3. The zero-order valence-corrected chi connectivity index (χ0v) is 7.58. The maximum absolute atomic E-state index is 10.3. The molecule has 0 amide bonds. The number of hydrogen-bond acceptors (Lipinski definition) is 5. The van der Waals surface area contributed by atoms with Crippen LogP contribution in [0.3, 0.4) is 0 Å². The number of phenolic OH excluding ortho intramolecular Hbond substituents is 3. The van der Waals surface area contributed by atoms with E-state index < -0.39 is 30.0 Å². The summed E-state index contributed by atoms with van der Waals surface area (Å²) in [6.45, 7) is 0. The van der Waals surface area contributed by atoms with E-state index in [1.54, 1.807) is 0 Å². The van der Waals surface area contributed by atoms with E-state index >= 15 is 0 Å². The molecule has 0 aliphatic heterocycles. The number of carboxylic acids is 1. The molecule has 0 heterocycles. The zero-order chi connectivity index (χ0) is 11.6. The van der Waals surface area contributed by atoms with Gasteiger partial charge in [-0.05, 0) is 0 Å². The smallest absolute Gasteiger partial charge is 0.306 e. The number of phenols is 3. The van der Waals surface area contributed by atoms with Crippen LogP contribution in [0, 0.1) is 0 Å². The molecule has 1 aromatic carbocycles. The third kappa shape index (κ3) is 2.50. The van der Waals surface area contributed by atoms with Crippen LogP contribution < -0.4 is 0 Å². The molecule has 6 nitrogen and oxygen atoms in total. The average Bonchev–Trinajstić information content (AvgIpc) is 1.99. The summed E-state index contributed by atoms with van der Waals surface area (Å²) in [7, 11) is 0. The van der Waals surface area contributed by atoms with Gasteiger partial charge in [0.25, 0.3) is 0 Å². The predicted molar refractivity (Wildman–Crippen MR) is 48.6 cm³/mol. The molecule has 0 unspecified atom stereocenters. The maximum Gasteiger partial charge on any atom is 0.306 e. The third-order valence-electron chi connectivity index (χ3n) is 1.82. The normalized spacial score (nSPS) is 12.3. The highest BCUT2D eigenvalue weighted by molar-refractivity contribution is 5.68. The van der Waals surface area contributed by atoms with Gasteiger partial charge in [-0.2, -0.15) is 0 Å². The summed E-state index contributed by atoms with van der Waals surface area (Å²) in [6.07, 6.45) is -2.17. The van der Waals surface area contributed by atoms with Crippen molar-refractivity contribution in [3.05, 3.63) is 17.7 Å². The Morgan fingerprint density at radius 2 is 1.67 bits per heavy atom. The van der Waals surface area contributed by atoms with Crippen LogP contribution in [0.15, 0.2) is 12.1 Å². The minimum atomic E-state index is -1.52. The quantitative estimate of drug-likeness (QED) is 0.494. The second-order valence-corrected chi connectivity index (χ2v) is 3.01. The lowest BCUT2D eigenvalue weighted by atomic mass is 10.0. The molecule has 0 radical (unpaired) electrons. The molecule has 82 valence electrons. The fourth-order valence-corrected chi connectivity index (χ4v) is 1.22. The zero-order valence-electron chi connectivity index (χ0n) is 7.58. The van der Waals surface area contributed by atoms with E-state index in [0.29, 0.717) is 0 Å². The number of carboxylic acid groups (broad SMARTS) is 1. The SMILES string of the molecule is O=C(O)C[C@H](O)c1c(O)cc(O)cc1O. The van der Waals surface area contributed by atoms with E-state index in [-0.39, 0.29) is 11.3 Å². The first-order chi connectivity index (χ1) is 6.91. The Morgan fingerprint density at radius 3 is 2.07 bits per heavy atom. The van der Waals surface area contributed by atoms with Gasteiger partial charge in [0, 0.05) is 12.1 Å². The molecule has 1 rings (SSSR count). The van der Waals surface area contributed by atoms with Gasteiger partial charge in [0.1, 0.15) is 17.2 Å². The molecule has 0 bridgehead atoms. The van der Waals surface area contributed by atoms with Gasteiger partial charge in [-0.3, -0.25) is 4.79 Å². The van der Waals surface area contributed by atoms with Crippen molar-refractivity contribution in [1.29, 1.82) is 0 Å². The molecule has 0 aromatic heterocycles. The van der Waals surface area contributed by atoms with Crippen molar-refractivity contribution < 1.29 is 30.3 Å². The Labute approximate surface area is 84.7 Å². The molecular weight excluding hydrogens is 204 g/mol. The van der Waals surface area contributed by atoms with Crippen molar-refractivity contribution in [2.75, 3.05) is 0 Å². The Bertz CT molecular complexity index is 363. The van der Waals surface area contributed by atoms with E-state index in [2.05, 4.69) is 0 Å². The van der Waals surface area contributed by atoms with Gasteiger partial charge in [0.15, 0.2) is 0 Å². The molecule has 0 saturated heterocycles. The molecule has 0 aliphatic rings. The Morgan fingerprint density at radius 1 is 1.20 bits per heavy atom. The summed E-state index contributed by atoms with van der Waals surface area (Å²) in [4.78, 5) is 10.3. The predicted octanol–water partition coefficient (Wildman–Crippen LogP) is 0.311. The van der Waals surface area contributed by atoms with E-state index in [0.717, 1.165) is 12.1 Å². The number of aliphatic hydroxyl groups excluding tert-OH is 1. The van der Waals surface area contributed by atoms with Crippen LogP contribution in [0.2, 0.25) is 0 Å². The number of aliphatic hydroxyl groups is 1. The number of rotatable bonds is 3. The van der Waals surface area contributed by atoms with Gasteiger partial charge in [0.2, 0.25) is 0 Å². The van der Waals surface area contributed by atoms with Gasteiger partial charge < -0.3 is 25.5 Å². The second kappa shape index (κ2) is 4.05. The van der Waals surface area contributed by atoms with Crippen molar-refractivity contribution in [1.82, 2.24) is 0 Å². The molecule has 0 fully saturated rings. The van der Waals surface area contributed by atoms with Crippen molar-refractivity contribution in [3.63, 3.8) is 0 Å². The Balaban J connectivity index is 3.08. The van der Waals surface area contributed by atoms with Crippen LogP contribution in [0.25, 0.3) is 0 Å². The van der Waals surface area contributed by atoms with Crippen molar-refractivity contribution in [2.45, 2.75) is 12.5 Å². The number of aliphatic carboxylic acids is 1. The van der Waals surface area contributed by atoms with Crippen LogP contribution in [0.1, 0.15) is 18.1 Å². The van der Waals surface area contributed by atoms with Gasteiger partial charge >= 0.3 is 5.97 Å². The van der Waals surface area contributed by atoms with E-state index in [1.165, 1.54) is 0 Å². The largest absolute Gasteiger partial charge is 0.508 e. The first kappa shape index (κ1) is 11.1. The minimum Gasteiger partial charge on any atom is -0.508 e. The van der Waals surface area contributed by atoms with Crippen LogP contribution in [-0.2, 0) is 4.79 Å². The van der Waals surface area contributed by atoms with Crippen molar-refractivity contribution in [2.24, 2.45) is 0 Å². The van der Waals surface area contributed by atoms with Gasteiger partial charge in [-0.25, -0.2) is 0 Å². The molecule has 6 heteroatoms. The lowest BCUT2D eigenvalue weighted by molar-refractivity contribution is -0.139. The van der Waals surface area contributed by atoms with E-state index in [1.807, 2.05) is 0 Å². The highest BCUT2D eigenvalue weighted by Gasteiger charge is 2.20. The fraction of sp³-hybridized carbons (Fsp3) is 0.222. The number of benzene rings is 1. The summed E-state index contributed by atoms with van der Waals surface area (Å²) in [6, 6.07) is 1.81. The average molecular weight is 214 g/mol.